The average Bonchev–Trinajstić information content (AvgIpc) is 3.60. The molecule has 0 radical (unpaired) electrons. The molecule has 42 heavy (non-hydrogen) atoms. The Balaban J connectivity index is 1.70. The molecule has 1 amide bonds. The minimum atomic E-state index is -1.09. The zero-order valence-electron chi connectivity index (χ0n) is 23.5. The fourth-order valence-corrected chi connectivity index (χ4v) is 6.31. The van der Waals surface area contributed by atoms with Crippen LogP contribution in [0.1, 0.15) is 55.9 Å². The number of aromatic nitrogens is 4. The number of nitrogens with one attached hydrogen (secondary N) is 1. The lowest BCUT2D eigenvalue weighted by Gasteiger charge is -2.28. The highest BCUT2D eigenvalue weighted by atomic mass is 32.1. The van der Waals surface area contributed by atoms with E-state index in [9.17, 15) is 18.8 Å². The molecule has 220 valence electrons. The minimum absolute atomic E-state index is 0.0145. The summed E-state index contributed by atoms with van der Waals surface area (Å²) in [5, 5.41) is 17.2. The van der Waals surface area contributed by atoms with Crippen LogP contribution >= 0.6 is 11.3 Å². The van der Waals surface area contributed by atoms with Gasteiger partial charge >= 0.3 is 5.69 Å². The number of nitrogens with zero attached hydrogens (tertiary/aromatic N) is 5. The first-order valence-corrected chi connectivity index (χ1v) is 14.5. The summed E-state index contributed by atoms with van der Waals surface area (Å²) < 4.78 is 29.9. The van der Waals surface area contributed by atoms with Gasteiger partial charge in [0.1, 0.15) is 33.5 Å². The maximum absolute atomic E-state index is 14.4. The van der Waals surface area contributed by atoms with Crippen molar-refractivity contribution in [2.45, 2.75) is 64.3 Å². The minimum Gasteiger partial charge on any atom is -0.496 e. The molecule has 4 aromatic rings. The SMILES string of the molecule is COc1ccc(F)cc1C(Cn1c(=O)n(C(C)C(=O)NC2CCC2)c(=O)c2c(C)c(-n3cccn3)sc21)OCCC#N. The van der Waals surface area contributed by atoms with Gasteiger partial charge in [0.05, 0.1) is 38.1 Å². The number of rotatable bonds is 11. The Labute approximate surface area is 244 Å². The Hall–Kier alpha value is -4.28. The Morgan fingerprint density at radius 1 is 1.33 bits per heavy atom. The number of hydrogen-bond donors (Lipinski definition) is 1. The lowest BCUT2D eigenvalue weighted by Crippen LogP contribution is -2.49. The summed E-state index contributed by atoms with van der Waals surface area (Å²) in [6.45, 7) is 3.17. The number of nitriles is 1. The molecule has 11 nitrogen and oxygen atoms in total. The van der Waals surface area contributed by atoms with Gasteiger partial charge in [0.15, 0.2) is 0 Å². The first kappa shape index (κ1) is 29.2. The molecule has 1 aliphatic rings. The van der Waals surface area contributed by atoms with E-state index in [0.717, 1.165) is 23.8 Å². The lowest BCUT2D eigenvalue weighted by molar-refractivity contribution is -0.125. The number of benzene rings is 1. The van der Waals surface area contributed by atoms with E-state index in [1.807, 2.05) is 6.07 Å². The van der Waals surface area contributed by atoms with Crippen molar-refractivity contribution >= 4 is 27.5 Å². The molecular formula is C29H31FN6O5S. The van der Waals surface area contributed by atoms with Gasteiger partial charge in [0.2, 0.25) is 5.91 Å². The van der Waals surface area contributed by atoms with Gasteiger partial charge in [-0.25, -0.2) is 18.4 Å². The van der Waals surface area contributed by atoms with Gasteiger partial charge in [0, 0.05) is 29.6 Å². The third-order valence-electron chi connectivity index (χ3n) is 7.57. The second-order valence-corrected chi connectivity index (χ2v) is 11.2. The highest BCUT2D eigenvalue weighted by Crippen LogP contribution is 2.34. The quantitative estimate of drug-likeness (QED) is 0.261. The number of thiophene rings is 1. The van der Waals surface area contributed by atoms with E-state index in [1.165, 1.54) is 48.1 Å². The average molecular weight is 595 g/mol. The summed E-state index contributed by atoms with van der Waals surface area (Å²) in [7, 11) is 1.44. The maximum atomic E-state index is 14.4. The number of halogens is 1. The number of ether oxygens (including phenoxy) is 2. The Morgan fingerprint density at radius 2 is 2.12 bits per heavy atom. The molecule has 1 aliphatic carbocycles. The monoisotopic (exact) mass is 594 g/mol. The Kier molecular flexibility index (Phi) is 8.56. The first-order chi connectivity index (χ1) is 20.2. The third-order valence-corrected chi connectivity index (χ3v) is 8.87. The largest absolute Gasteiger partial charge is 0.496 e. The van der Waals surface area contributed by atoms with Crippen molar-refractivity contribution in [3.8, 4) is 16.8 Å². The van der Waals surface area contributed by atoms with E-state index >= 15 is 0 Å². The van der Waals surface area contributed by atoms with Crippen molar-refractivity contribution in [3.05, 3.63) is 74.4 Å². The number of fused-ring (bicyclic) bond motifs is 1. The molecule has 2 unspecified atom stereocenters. The van der Waals surface area contributed by atoms with Gasteiger partial charge in [0.25, 0.3) is 5.56 Å². The molecule has 3 aromatic heterocycles. The van der Waals surface area contributed by atoms with E-state index in [1.54, 1.807) is 30.1 Å². The summed E-state index contributed by atoms with van der Waals surface area (Å²) in [6, 6.07) is 6.67. The molecule has 0 saturated heterocycles. The second kappa shape index (κ2) is 12.3. The topological polar surface area (TPSA) is 133 Å². The number of aryl methyl sites for hydroxylation is 1. The zero-order valence-corrected chi connectivity index (χ0v) is 24.3. The number of amides is 1. The van der Waals surface area contributed by atoms with Gasteiger partial charge in [-0.1, -0.05) is 11.3 Å². The van der Waals surface area contributed by atoms with Crippen molar-refractivity contribution in [3.63, 3.8) is 0 Å². The first-order valence-electron chi connectivity index (χ1n) is 13.7. The van der Waals surface area contributed by atoms with E-state index < -0.39 is 35.1 Å². The molecule has 1 N–H and O–H groups in total. The van der Waals surface area contributed by atoms with Crippen molar-refractivity contribution < 1.29 is 18.7 Å². The molecule has 3 heterocycles. The lowest BCUT2D eigenvalue weighted by atomic mass is 9.93. The number of hydrogen-bond acceptors (Lipinski definition) is 8. The van der Waals surface area contributed by atoms with Crippen molar-refractivity contribution in [1.29, 1.82) is 5.26 Å². The van der Waals surface area contributed by atoms with Crippen molar-refractivity contribution in [2.24, 2.45) is 0 Å². The summed E-state index contributed by atoms with van der Waals surface area (Å²) in [5.74, 6) is -0.612. The van der Waals surface area contributed by atoms with Gasteiger partial charge in [-0.3, -0.25) is 14.2 Å². The van der Waals surface area contributed by atoms with Crippen LogP contribution in [0.15, 0.2) is 46.2 Å². The van der Waals surface area contributed by atoms with E-state index in [-0.39, 0.29) is 31.0 Å². The molecule has 1 saturated carbocycles. The Morgan fingerprint density at radius 3 is 2.76 bits per heavy atom. The fraction of sp³-hybridized carbons (Fsp3) is 0.414. The van der Waals surface area contributed by atoms with E-state index in [2.05, 4.69) is 10.4 Å². The molecule has 0 bridgehead atoms. The van der Waals surface area contributed by atoms with Gasteiger partial charge in [-0.05, 0) is 57.4 Å². The Bertz CT molecular complexity index is 1770. The van der Waals surface area contributed by atoms with Crippen molar-refractivity contribution in [1.82, 2.24) is 24.2 Å². The smallest absolute Gasteiger partial charge is 0.332 e. The molecule has 5 rings (SSSR count). The second-order valence-electron chi connectivity index (χ2n) is 10.2. The van der Waals surface area contributed by atoms with Crippen LogP contribution in [0.2, 0.25) is 0 Å². The van der Waals surface area contributed by atoms with Crippen molar-refractivity contribution in [2.75, 3.05) is 13.7 Å². The van der Waals surface area contributed by atoms with Crippen LogP contribution in [-0.2, 0) is 16.1 Å². The van der Waals surface area contributed by atoms with E-state index in [0.29, 0.717) is 26.7 Å². The van der Waals surface area contributed by atoms with Gasteiger partial charge in [-0.15, -0.1) is 0 Å². The molecule has 1 fully saturated rings. The van der Waals surface area contributed by atoms with Crippen LogP contribution in [0.5, 0.6) is 5.75 Å². The van der Waals surface area contributed by atoms with Crippen LogP contribution in [0.4, 0.5) is 4.39 Å². The predicted molar refractivity (Wildman–Crippen MR) is 155 cm³/mol. The summed E-state index contributed by atoms with van der Waals surface area (Å²) in [4.78, 5) is 41.6. The normalized spacial score (nSPS) is 14.7. The highest BCUT2D eigenvalue weighted by molar-refractivity contribution is 7.21. The third kappa shape index (κ3) is 5.47. The van der Waals surface area contributed by atoms with Crippen LogP contribution in [0.25, 0.3) is 15.2 Å². The van der Waals surface area contributed by atoms with E-state index in [4.69, 9.17) is 14.7 Å². The van der Waals surface area contributed by atoms with Crippen LogP contribution < -0.4 is 21.3 Å². The predicted octanol–water partition coefficient (Wildman–Crippen LogP) is 3.77. The summed E-state index contributed by atoms with van der Waals surface area (Å²) in [6.07, 6.45) is 5.20. The number of carbonyl (C=O) groups excluding carboxylic acids is 1. The highest BCUT2D eigenvalue weighted by Gasteiger charge is 2.30. The molecular weight excluding hydrogens is 563 g/mol. The fourth-order valence-electron chi connectivity index (χ4n) is 5.06. The maximum Gasteiger partial charge on any atom is 0.332 e. The molecule has 2 atom stereocenters. The summed E-state index contributed by atoms with van der Waals surface area (Å²) >= 11 is 1.20. The number of carbonyl (C=O) groups is 1. The van der Waals surface area contributed by atoms with Gasteiger partial charge < -0.3 is 14.8 Å². The molecule has 1 aromatic carbocycles. The van der Waals surface area contributed by atoms with Crippen LogP contribution in [0, 0.1) is 24.1 Å². The van der Waals surface area contributed by atoms with Crippen LogP contribution in [0.3, 0.4) is 0 Å². The molecule has 0 aliphatic heterocycles. The number of methoxy groups -OCH3 is 1. The summed E-state index contributed by atoms with van der Waals surface area (Å²) in [5.41, 5.74) is -0.353. The standard InChI is InChI=1S/C29H31FN6O5S/c1-17-24-26(38)36(18(2)25(37)33-20-7-4-8-20)29(39)34(28(24)42-27(17)35-13-6-12-32-35)16-23(41-14-5-11-31)21-15-19(30)9-10-22(21)40-3/h6,9-10,12-13,15,18,20,23H,4-5,7-8,14,16H2,1-3H3,(H,33,37). The molecule has 13 heteroatoms. The molecule has 0 spiro atoms. The van der Waals surface area contributed by atoms with Gasteiger partial charge in [-0.2, -0.15) is 10.4 Å². The zero-order chi connectivity index (χ0) is 30.0. The van der Waals surface area contributed by atoms with Crippen LogP contribution in [-0.4, -0.2) is 44.6 Å².